The summed E-state index contributed by atoms with van der Waals surface area (Å²) in [6.07, 6.45) is 0.417. The van der Waals surface area contributed by atoms with Crippen LogP contribution in [0.25, 0.3) is 0 Å². The van der Waals surface area contributed by atoms with Gasteiger partial charge in [0.2, 0.25) is 5.91 Å². The predicted octanol–water partition coefficient (Wildman–Crippen LogP) is 2.29. The van der Waals surface area contributed by atoms with E-state index in [4.69, 9.17) is 16.7 Å². The monoisotopic (exact) mass is 351 g/mol. The largest absolute Gasteiger partial charge is 0.396 e. The highest BCUT2D eigenvalue weighted by Crippen LogP contribution is 2.29. The highest BCUT2D eigenvalue weighted by molar-refractivity contribution is 14.1. The highest BCUT2D eigenvalue weighted by Gasteiger charge is 2.30. The normalized spacial score (nSPS) is 20.6. The fourth-order valence-corrected chi connectivity index (χ4v) is 2.32. The molecule has 5 heteroatoms. The number of nitrogens with zero attached hydrogens (tertiary/aromatic N) is 1. The molecule has 1 atom stereocenters. The molecule has 1 amide bonds. The van der Waals surface area contributed by atoms with E-state index in [2.05, 4.69) is 22.6 Å². The fourth-order valence-electron chi connectivity index (χ4n) is 1.81. The summed E-state index contributed by atoms with van der Waals surface area (Å²) in [6.45, 7) is 0.632. The van der Waals surface area contributed by atoms with Crippen molar-refractivity contribution in [2.24, 2.45) is 5.92 Å². The van der Waals surface area contributed by atoms with Gasteiger partial charge in [-0.15, -0.1) is 0 Å². The number of hydrogen-bond donors (Lipinski definition) is 1. The molecule has 16 heavy (non-hydrogen) atoms. The van der Waals surface area contributed by atoms with Gasteiger partial charge in [0, 0.05) is 34.7 Å². The van der Waals surface area contributed by atoms with Crippen LogP contribution in [-0.2, 0) is 4.79 Å². The quantitative estimate of drug-likeness (QED) is 0.831. The molecule has 1 unspecified atom stereocenters. The topological polar surface area (TPSA) is 40.5 Å². The van der Waals surface area contributed by atoms with E-state index in [1.165, 1.54) is 0 Å². The Labute approximate surface area is 113 Å². The van der Waals surface area contributed by atoms with Crippen LogP contribution in [0.1, 0.15) is 6.42 Å². The van der Waals surface area contributed by atoms with Crippen LogP contribution in [0.4, 0.5) is 5.69 Å². The lowest BCUT2D eigenvalue weighted by Gasteiger charge is -2.17. The number of carbonyl (C=O) groups is 1. The van der Waals surface area contributed by atoms with Gasteiger partial charge in [0.25, 0.3) is 0 Å². The summed E-state index contributed by atoms with van der Waals surface area (Å²) in [5.74, 6) is 0.0990. The van der Waals surface area contributed by atoms with E-state index >= 15 is 0 Å². The molecule has 1 aliphatic rings. The summed E-state index contributed by atoms with van der Waals surface area (Å²) >= 11 is 8.16. The van der Waals surface area contributed by atoms with Gasteiger partial charge >= 0.3 is 0 Å². The van der Waals surface area contributed by atoms with Gasteiger partial charge in [-0.25, -0.2) is 0 Å². The van der Waals surface area contributed by atoms with Crippen molar-refractivity contribution in [3.05, 3.63) is 26.8 Å². The molecule has 0 radical (unpaired) electrons. The Morgan fingerprint density at radius 2 is 2.31 bits per heavy atom. The third-order valence-corrected chi connectivity index (χ3v) is 4.25. The standard InChI is InChI=1S/C11H11ClINO2/c12-9-4-8(1-2-10(9)13)14-5-7(6-15)3-11(14)16/h1-2,4,7,15H,3,5-6H2. The van der Waals surface area contributed by atoms with Crippen LogP contribution in [0.5, 0.6) is 0 Å². The van der Waals surface area contributed by atoms with E-state index in [1.807, 2.05) is 12.1 Å². The van der Waals surface area contributed by atoms with Gasteiger partial charge in [-0.1, -0.05) is 11.6 Å². The third-order valence-electron chi connectivity index (χ3n) is 2.68. The molecular formula is C11H11ClINO2. The van der Waals surface area contributed by atoms with E-state index in [1.54, 1.807) is 11.0 Å². The van der Waals surface area contributed by atoms with Crippen LogP contribution >= 0.6 is 34.2 Å². The summed E-state index contributed by atoms with van der Waals surface area (Å²) in [5.41, 5.74) is 0.811. The van der Waals surface area contributed by atoms with Crippen molar-refractivity contribution in [1.82, 2.24) is 0 Å². The molecule has 1 aromatic rings. The summed E-state index contributed by atoms with van der Waals surface area (Å²) in [6, 6.07) is 5.56. The molecule has 1 aromatic carbocycles. The Balaban J connectivity index is 2.24. The number of anilines is 1. The first-order valence-electron chi connectivity index (χ1n) is 4.98. The predicted molar refractivity (Wildman–Crippen MR) is 71.7 cm³/mol. The minimum Gasteiger partial charge on any atom is -0.396 e. The number of rotatable bonds is 2. The van der Waals surface area contributed by atoms with Gasteiger partial charge in [-0.2, -0.15) is 0 Å². The molecule has 86 valence electrons. The Morgan fingerprint density at radius 3 is 2.88 bits per heavy atom. The van der Waals surface area contributed by atoms with Crippen molar-refractivity contribution in [2.45, 2.75) is 6.42 Å². The molecule has 1 N–H and O–H groups in total. The number of carbonyl (C=O) groups excluding carboxylic acids is 1. The second kappa shape index (κ2) is 4.89. The Morgan fingerprint density at radius 1 is 1.56 bits per heavy atom. The van der Waals surface area contributed by atoms with E-state index in [9.17, 15) is 4.79 Å². The fraction of sp³-hybridized carbons (Fsp3) is 0.364. The van der Waals surface area contributed by atoms with Crippen molar-refractivity contribution in [3.8, 4) is 0 Å². The zero-order valence-electron chi connectivity index (χ0n) is 8.49. The second-order valence-corrected chi connectivity index (χ2v) is 5.42. The van der Waals surface area contributed by atoms with Gasteiger partial charge in [-0.3, -0.25) is 4.79 Å². The van der Waals surface area contributed by atoms with Gasteiger partial charge < -0.3 is 10.0 Å². The number of benzene rings is 1. The number of halogens is 2. The lowest BCUT2D eigenvalue weighted by atomic mass is 10.1. The molecular weight excluding hydrogens is 340 g/mol. The maximum atomic E-state index is 11.7. The van der Waals surface area contributed by atoms with Crippen molar-refractivity contribution < 1.29 is 9.90 Å². The number of amides is 1. The average Bonchev–Trinajstić information content (AvgIpc) is 2.64. The van der Waals surface area contributed by atoms with Gasteiger partial charge in [0.1, 0.15) is 0 Å². The molecule has 1 saturated heterocycles. The van der Waals surface area contributed by atoms with Crippen molar-refractivity contribution >= 4 is 45.8 Å². The van der Waals surface area contributed by atoms with Crippen LogP contribution in [0.15, 0.2) is 18.2 Å². The number of aliphatic hydroxyl groups is 1. The molecule has 0 aromatic heterocycles. The minimum atomic E-state index is 0.0468. The first kappa shape index (κ1) is 12.1. The highest BCUT2D eigenvalue weighted by atomic mass is 127. The minimum absolute atomic E-state index is 0.0468. The molecule has 0 spiro atoms. The van der Waals surface area contributed by atoms with Crippen LogP contribution in [-0.4, -0.2) is 24.2 Å². The second-order valence-electron chi connectivity index (χ2n) is 3.86. The Kier molecular flexibility index (Phi) is 3.71. The number of hydrogen-bond acceptors (Lipinski definition) is 2. The van der Waals surface area contributed by atoms with Crippen molar-refractivity contribution in [2.75, 3.05) is 18.1 Å². The smallest absolute Gasteiger partial charge is 0.227 e. The third kappa shape index (κ3) is 2.33. The maximum Gasteiger partial charge on any atom is 0.227 e. The molecule has 1 fully saturated rings. The van der Waals surface area contributed by atoms with Gasteiger partial charge in [0.15, 0.2) is 0 Å². The van der Waals surface area contributed by atoms with Crippen molar-refractivity contribution in [1.29, 1.82) is 0 Å². The molecule has 0 saturated carbocycles. The van der Waals surface area contributed by atoms with Crippen LogP contribution < -0.4 is 4.90 Å². The first-order chi connectivity index (χ1) is 7.61. The van der Waals surface area contributed by atoms with Gasteiger partial charge in [0.05, 0.1) is 5.02 Å². The summed E-state index contributed by atoms with van der Waals surface area (Å²) in [5, 5.41) is 9.69. The first-order valence-corrected chi connectivity index (χ1v) is 6.43. The molecule has 0 bridgehead atoms. The molecule has 3 nitrogen and oxygen atoms in total. The zero-order chi connectivity index (χ0) is 11.7. The zero-order valence-corrected chi connectivity index (χ0v) is 11.4. The summed E-state index contributed by atoms with van der Waals surface area (Å²) < 4.78 is 0.966. The molecule has 2 rings (SSSR count). The Hall–Kier alpha value is -0.330. The molecule has 1 heterocycles. The average molecular weight is 352 g/mol. The van der Waals surface area contributed by atoms with E-state index in [-0.39, 0.29) is 18.4 Å². The van der Waals surface area contributed by atoms with Crippen LogP contribution in [0.3, 0.4) is 0 Å². The van der Waals surface area contributed by atoms with Crippen LogP contribution in [0.2, 0.25) is 5.02 Å². The van der Waals surface area contributed by atoms with Crippen molar-refractivity contribution in [3.63, 3.8) is 0 Å². The van der Waals surface area contributed by atoms with E-state index in [0.29, 0.717) is 18.0 Å². The van der Waals surface area contributed by atoms with E-state index in [0.717, 1.165) is 9.26 Å². The van der Waals surface area contributed by atoms with Crippen LogP contribution in [0, 0.1) is 9.49 Å². The molecule has 1 aliphatic heterocycles. The molecule has 0 aliphatic carbocycles. The summed E-state index contributed by atoms with van der Waals surface area (Å²) in [7, 11) is 0. The number of aliphatic hydroxyl groups excluding tert-OH is 1. The van der Waals surface area contributed by atoms with E-state index < -0.39 is 0 Å². The lowest BCUT2D eigenvalue weighted by Crippen LogP contribution is -2.24. The summed E-state index contributed by atoms with van der Waals surface area (Å²) in [4.78, 5) is 13.4. The lowest BCUT2D eigenvalue weighted by molar-refractivity contribution is -0.117. The SMILES string of the molecule is O=C1CC(CO)CN1c1ccc(I)c(Cl)c1. The maximum absolute atomic E-state index is 11.7. The Bertz CT molecular complexity index is 424. The van der Waals surface area contributed by atoms with Gasteiger partial charge in [-0.05, 0) is 40.8 Å².